The van der Waals surface area contributed by atoms with Crippen molar-refractivity contribution in [3.8, 4) is 0 Å². The van der Waals surface area contributed by atoms with E-state index in [0.29, 0.717) is 12.1 Å². The number of hydrogen-bond donors (Lipinski definition) is 2. The van der Waals surface area contributed by atoms with Crippen molar-refractivity contribution in [1.82, 2.24) is 20.1 Å². The van der Waals surface area contributed by atoms with E-state index in [1.54, 1.807) is 22.6 Å². The van der Waals surface area contributed by atoms with E-state index in [0.717, 1.165) is 11.3 Å². The van der Waals surface area contributed by atoms with Gasteiger partial charge in [0.15, 0.2) is 0 Å². The van der Waals surface area contributed by atoms with Crippen LogP contribution in [0.2, 0.25) is 0 Å². The molecule has 20 heavy (non-hydrogen) atoms. The maximum Gasteiger partial charge on any atom is 0.345 e. The van der Waals surface area contributed by atoms with Crippen LogP contribution in [0.15, 0.2) is 24.1 Å². The van der Waals surface area contributed by atoms with Crippen LogP contribution in [0.4, 0.5) is 0 Å². The lowest BCUT2D eigenvalue weighted by Gasteiger charge is -2.13. The van der Waals surface area contributed by atoms with Crippen LogP contribution in [0.25, 0.3) is 0 Å². The Balaban J connectivity index is 1.83. The van der Waals surface area contributed by atoms with Gasteiger partial charge >= 0.3 is 5.97 Å². The van der Waals surface area contributed by atoms with Crippen molar-refractivity contribution >= 4 is 23.2 Å². The second kappa shape index (κ2) is 6.29. The fraction of sp³-hybridized carbons (Fsp3) is 0.333. The highest BCUT2D eigenvalue weighted by atomic mass is 32.1. The van der Waals surface area contributed by atoms with Gasteiger partial charge in [-0.25, -0.2) is 4.79 Å². The smallest absolute Gasteiger partial charge is 0.345 e. The topological polar surface area (TPSA) is 97.1 Å². The van der Waals surface area contributed by atoms with Crippen LogP contribution in [0.3, 0.4) is 0 Å². The van der Waals surface area contributed by atoms with Gasteiger partial charge in [0.2, 0.25) is 5.91 Å². The number of carboxylic acids is 1. The molecule has 2 rings (SSSR count). The van der Waals surface area contributed by atoms with Crippen LogP contribution in [-0.4, -0.2) is 37.8 Å². The summed E-state index contributed by atoms with van der Waals surface area (Å²) < 4.78 is 1.78. The number of carbonyl (C=O) groups excluding carboxylic acids is 1. The van der Waals surface area contributed by atoms with Crippen LogP contribution >= 0.6 is 11.3 Å². The molecule has 0 saturated heterocycles. The summed E-state index contributed by atoms with van der Waals surface area (Å²) in [5, 5.41) is 20.7. The third-order valence-corrected chi connectivity index (χ3v) is 3.55. The molecule has 0 spiro atoms. The Morgan fingerprint density at radius 2 is 2.15 bits per heavy atom. The summed E-state index contributed by atoms with van der Waals surface area (Å²) in [6.07, 6.45) is 3.34. The predicted molar refractivity (Wildman–Crippen MR) is 72.6 cm³/mol. The number of hydrogen-bond acceptors (Lipinski definition) is 5. The maximum atomic E-state index is 11.8. The number of nitrogens with zero attached hydrogens (tertiary/aromatic N) is 3. The lowest BCUT2D eigenvalue weighted by molar-refractivity contribution is -0.121. The Morgan fingerprint density at radius 3 is 2.75 bits per heavy atom. The number of aromatic nitrogens is 3. The first-order chi connectivity index (χ1) is 9.54. The van der Waals surface area contributed by atoms with E-state index in [1.807, 2.05) is 6.92 Å². The summed E-state index contributed by atoms with van der Waals surface area (Å²) in [6, 6.07) is 1.47. The zero-order valence-corrected chi connectivity index (χ0v) is 11.6. The molecule has 0 saturated carbocycles. The average Bonchev–Trinajstić information content (AvgIpc) is 2.99. The summed E-state index contributed by atoms with van der Waals surface area (Å²) in [7, 11) is 0. The lowest BCUT2D eigenvalue weighted by atomic mass is 10.2. The Kier molecular flexibility index (Phi) is 4.46. The van der Waals surface area contributed by atoms with Crippen LogP contribution in [0.5, 0.6) is 0 Å². The Morgan fingerprint density at radius 1 is 1.45 bits per heavy atom. The first kappa shape index (κ1) is 14.2. The predicted octanol–water partition coefficient (Wildman–Crippen LogP) is 0.785. The number of carboxylic acid groups (broad SMARTS) is 1. The van der Waals surface area contributed by atoms with E-state index in [9.17, 15) is 9.59 Å². The highest BCUT2D eigenvalue weighted by Crippen LogP contribution is 2.15. The first-order valence-electron chi connectivity index (χ1n) is 5.97. The Hall–Kier alpha value is -2.22. The van der Waals surface area contributed by atoms with Crippen molar-refractivity contribution in [3.05, 3.63) is 34.5 Å². The van der Waals surface area contributed by atoms with Gasteiger partial charge in [-0.15, -0.1) is 21.5 Å². The van der Waals surface area contributed by atoms with Crippen LogP contribution in [0.1, 0.15) is 22.2 Å². The fourth-order valence-corrected chi connectivity index (χ4v) is 2.52. The second-order valence-corrected chi connectivity index (χ2v) is 5.34. The van der Waals surface area contributed by atoms with Gasteiger partial charge in [-0.2, -0.15) is 0 Å². The molecule has 106 valence electrons. The van der Waals surface area contributed by atoms with Gasteiger partial charge in [-0.3, -0.25) is 4.79 Å². The first-order valence-corrected chi connectivity index (χ1v) is 6.85. The molecular formula is C12H14N4O3S. The van der Waals surface area contributed by atoms with E-state index in [2.05, 4.69) is 15.5 Å². The molecule has 0 aliphatic heterocycles. The van der Waals surface area contributed by atoms with Gasteiger partial charge in [0.05, 0.1) is 6.42 Å². The minimum atomic E-state index is -0.970. The third-order valence-electron chi connectivity index (χ3n) is 2.59. The van der Waals surface area contributed by atoms with Crippen molar-refractivity contribution in [2.45, 2.75) is 25.9 Å². The number of carbonyl (C=O) groups is 2. The molecular weight excluding hydrogens is 280 g/mol. The monoisotopic (exact) mass is 294 g/mol. The van der Waals surface area contributed by atoms with E-state index in [1.165, 1.54) is 6.07 Å². The van der Waals surface area contributed by atoms with Gasteiger partial charge in [-0.1, -0.05) is 0 Å². The Labute approximate surface area is 119 Å². The normalized spacial score (nSPS) is 12.1. The lowest BCUT2D eigenvalue weighted by Crippen LogP contribution is -2.36. The molecule has 2 aromatic rings. The molecule has 8 heteroatoms. The van der Waals surface area contributed by atoms with Crippen molar-refractivity contribution in [3.63, 3.8) is 0 Å². The zero-order valence-electron chi connectivity index (χ0n) is 10.8. The molecule has 0 bridgehead atoms. The van der Waals surface area contributed by atoms with Crippen LogP contribution in [-0.2, 0) is 17.8 Å². The largest absolute Gasteiger partial charge is 0.477 e. The fourth-order valence-electron chi connectivity index (χ4n) is 1.77. The maximum absolute atomic E-state index is 11.8. The number of thiophene rings is 1. The van der Waals surface area contributed by atoms with E-state index in [4.69, 9.17) is 5.11 Å². The SMILES string of the molecule is CC(Cn1cnnc1)NC(=O)Cc1csc(C(=O)O)c1. The molecule has 1 amide bonds. The van der Waals surface area contributed by atoms with Crippen LogP contribution < -0.4 is 5.32 Å². The molecule has 2 heterocycles. The van der Waals surface area contributed by atoms with E-state index in [-0.39, 0.29) is 23.2 Å². The number of amides is 1. The molecule has 0 fully saturated rings. The van der Waals surface area contributed by atoms with Crippen molar-refractivity contribution < 1.29 is 14.7 Å². The molecule has 0 aliphatic carbocycles. The van der Waals surface area contributed by atoms with Crippen molar-refractivity contribution in [2.24, 2.45) is 0 Å². The third kappa shape index (κ3) is 3.89. The summed E-state index contributed by atoms with van der Waals surface area (Å²) in [6.45, 7) is 2.47. The van der Waals surface area contributed by atoms with E-state index < -0.39 is 5.97 Å². The van der Waals surface area contributed by atoms with Crippen molar-refractivity contribution in [2.75, 3.05) is 0 Å². The standard InChI is InChI=1S/C12H14N4O3S/c1-8(4-16-6-13-14-7-16)15-11(17)3-9-2-10(12(18)19)20-5-9/h2,5-8H,3-4H2,1H3,(H,15,17)(H,18,19). The second-order valence-electron chi connectivity index (χ2n) is 4.43. The molecule has 7 nitrogen and oxygen atoms in total. The zero-order chi connectivity index (χ0) is 14.5. The molecule has 0 radical (unpaired) electrons. The minimum Gasteiger partial charge on any atom is -0.477 e. The average molecular weight is 294 g/mol. The highest BCUT2D eigenvalue weighted by molar-refractivity contribution is 7.12. The highest BCUT2D eigenvalue weighted by Gasteiger charge is 2.12. The Bertz CT molecular complexity index is 594. The minimum absolute atomic E-state index is 0.0592. The van der Waals surface area contributed by atoms with Gasteiger partial charge in [0, 0.05) is 12.6 Å². The van der Waals surface area contributed by atoms with Gasteiger partial charge < -0.3 is 15.0 Å². The number of rotatable bonds is 6. The summed E-state index contributed by atoms with van der Waals surface area (Å²) >= 11 is 1.12. The quantitative estimate of drug-likeness (QED) is 0.820. The van der Waals surface area contributed by atoms with Crippen LogP contribution in [0, 0.1) is 0 Å². The summed E-state index contributed by atoms with van der Waals surface area (Å²) in [4.78, 5) is 22.8. The molecule has 1 unspecified atom stereocenters. The van der Waals surface area contributed by atoms with Gasteiger partial charge in [0.25, 0.3) is 0 Å². The molecule has 2 N–H and O–H groups in total. The molecule has 0 aliphatic rings. The molecule has 2 aromatic heterocycles. The number of nitrogens with one attached hydrogen (secondary N) is 1. The summed E-state index contributed by atoms with van der Waals surface area (Å²) in [5.41, 5.74) is 0.710. The van der Waals surface area contributed by atoms with E-state index >= 15 is 0 Å². The van der Waals surface area contributed by atoms with Crippen molar-refractivity contribution in [1.29, 1.82) is 0 Å². The summed E-state index contributed by atoms with van der Waals surface area (Å²) in [5.74, 6) is -1.11. The van der Waals surface area contributed by atoms with Gasteiger partial charge in [-0.05, 0) is 23.9 Å². The van der Waals surface area contributed by atoms with Gasteiger partial charge in [0.1, 0.15) is 17.5 Å². The molecule has 1 atom stereocenters. The molecule has 0 aromatic carbocycles. The number of aromatic carboxylic acids is 1.